The number of rotatable bonds is 3. The molecule has 0 aliphatic heterocycles. The number of hydrogen-bond acceptors (Lipinski definition) is 1. The average Bonchev–Trinajstić information content (AvgIpc) is 2.04. The van der Waals surface area contributed by atoms with Crippen molar-refractivity contribution >= 4 is 10.9 Å². The molecule has 0 heterocycles. The zero-order valence-corrected chi connectivity index (χ0v) is 9.27. The minimum atomic E-state index is -0.293. The first kappa shape index (κ1) is 10.6. The molecule has 1 aromatic carbocycles. The van der Waals surface area contributed by atoms with Crippen LogP contribution in [0.2, 0.25) is 0 Å². The Balaban J connectivity index is 2.66. The van der Waals surface area contributed by atoms with E-state index in [9.17, 15) is 5.11 Å². The van der Waals surface area contributed by atoms with Crippen molar-refractivity contribution in [2.75, 3.05) is 18.3 Å². The molecule has 1 N–H and O–H groups in total. The minimum absolute atomic E-state index is 0.293. The quantitative estimate of drug-likeness (QED) is 0.734. The fourth-order valence-corrected chi connectivity index (χ4v) is 2.02. The highest BCUT2D eigenvalue weighted by Gasteiger charge is 2.14. The summed E-state index contributed by atoms with van der Waals surface area (Å²) in [4.78, 5) is 0. The highest BCUT2D eigenvalue weighted by Crippen LogP contribution is 2.15. The van der Waals surface area contributed by atoms with Crippen LogP contribution >= 0.6 is 0 Å². The molecule has 0 aromatic heterocycles. The Morgan fingerprint density at radius 1 is 1.23 bits per heavy atom. The van der Waals surface area contributed by atoms with Gasteiger partial charge < -0.3 is 5.11 Å². The number of aliphatic hydroxyl groups excluding tert-OH is 1. The Bertz CT molecular complexity index is 253. The van der Waals surface area contributed by atoms with Crippen LogP contribution in [0.4, 0.5) is 0 Å². The summed E-state index contributed by atoms with van der Waals surface area (Å²) in [7, 11) is 0.298. The topological polar surface area (TPSA) is 20.2 Å². The van der Waals surface area contributed by atoms with Gasteiger partial charge in [0.2, 0.25) is 0 Å². The largest absolute Gasteiger partial charge is 0.383 e. The molecule has 13 heavy (non-hydrogen) atoms. The first-order valence-electron chi connectivity index (χ1n) is 4.38. The Hall–Kier alpha value is -0.470. The van der Waals surface area contributed by atoms with Gasteiger partial charge in [-0.15, -0.1) is 0 Å². The smallest absolute Gasteiger partial charge is 0.137 e. The second-order valence-electron chi connectivity index (χ2n) is 3.58. The normalized spacial score (nSPS) is 13.3. The number of aryl methyl sites for hydroxylation is 1. The third-order valence-electron chi connectivity index (χ3n) is 1.95. The van der Waals surface area contributed by atoms with Gasteiger partial charge in [-0.25, -0.2) is 0 Å². The summed E-state index contributed by atoms with van der Waals surface area (Å²) in [5.74, 6) is 0.864. The van der Waals surface area contributed by atoms with E-state index in [1.165, 1.54) is 5.56 Å². The molecule has 0 bridgehead atoms. The maximum absolute atomic E-state index is 9.79. The highest BCUT2D eigenvalue weighted by atomic mass is 32.2. The van der Waals surface area contributed by atoms with Gasteiger partial charge in [0.15, 0.2) is 0 Å². The summed E-state index contributed by atoms with van der Waals surface area (Å²) in [6, 6.07) is 8.10. The molecule has 72 valence electrons. The zero-order chi connectivity index (χ0) is 9.84. The van der Waals surface area contributed by atoms with Crippen LogP contribution in [-0.4, -0.2) is 23.4 Å². The van der Waals surface area contributed by atoms with Crippen LogP contribution in [-0.2, 0) is 10.9 Å². The lowest BCUT2D eigenvalue weighted by atomic mass is 10.1. The molecule has 1 aromatic rings. The second kappa shape index (κ2) is 4.68. The fourth-order valence-electron chi connectivity index (χ4n) is 1.20. The van der Waals surface area contributed by atoms with Crippen LogP contribution in [0.3, 0.4) is 0 Å². The van der Waals surface area contributed by atoms with Crippen molar-refractivity contribution in [3.63, 3.8) is 0 Å². The van der Waals surface area contributed by atoms with Crippen LogP contribution in [0, 0.1) is 6.92 Å². The molecular weight excluding hydrogens is 180 g/mol. The summed E-state index contributed by atoms with van der Waals surface area (Å²) in [5, 5.41) is 9.79. The Labute approximate surface area is 83.1 Å². The van der Waals surface area contributed by atoms with E-state index in [4.69, 9.17) is 0 Å². The minimum Gasteiger partial charge on any atom is -0.383 e. The average molecular weight is 197 g/mol. The van der Waals surface area contributed by atoms with E-state index in [2.05, 4.69) is 19.4 Å². The molecular formula is C11H17OS+. The number of aliphatic hydroxyl groups is 1. The fraction of sp³-hybridized carbons (Fsp3) is 0.455. The Morgan fingerprint density at radius 2 is 1.77 bits per heavy atom. The molecule has 1 nitrogen and oxygen atoms in total. The van der Waals surface area contributed by atoms with Crippen molar-refractivity contribution in [2.45, 2.75) is 13.0 Å². The van der Waals surface area contributed by atoms with Gasteiger partial charge in [0.25, 0.3) is 0 Å². The summed E-state index contributed by atoms with van der Waals surface area (Å²) in [6.45, 7) is 2.06. The van der Waals surface area contributed by atoms with Crippen LogP contribution in [0.25, 0.3) is 0 Å². The molecule has 0 saturated heterocycles. The van der Waals surface area contributed by atoms with E-state index in [1.54, 1.807) is 0 Å². The van der Waals surface area contributed by atoms with E-state index in [0.29, 0.717) is 10.9 Å². The van der Waals surface area contributed by atoms with E-state index in [-0.39, 0.29) is 6.10 Å². The van der Waals surface area contributed by atoms with E-state index in [1.807, 2.05) is 24.3 Å². The highest BCUT2D eigenvalue weighted by molar-refractivity contribution is 7.95. The van der Waals surface area contributed by atoms with E-state index >= 15 is 0 Å². The zero-order valence-electron chi connectivity index (χ0n) is 8.45. The van der Waals surface area contributed by atoms with Crippen LogP contribution in [0.15, 0.2) is 24.3 Å². The molecule has 0 fully saturated rings. The van der Waals surface area contributed by atoms with Gasteiger partial charge in [0.05, 0.1) is 12.5 Å². The molecule has 0 radical (unpaired) electrons. The van der Waals surface area contributed by atoms with Gasteiger partial charge in [-0.1, -0.05) is 29.8 Å². The summed E-state index contributed by atoms with van der Waals surface area (Å²) < 4.78 is 0. The van der Waals surface area contributed by atoms with E-state index < -0.39 is 0 Å². The maximum Gasteiger partial charge on any atom is 0.137 e. The SMILES string of the molecule is Cc1ccc(C(O)C[S+](C)C)cc1. The van der Waals surface area contributed by atoms with Crippen molar-refractivity contribution in [3.05, 3.63) is 35.4 Å². The number of hydrogen-bond donors (Lipinski definition) is 1. The molecule has 1 atom stereocenters. The molecule has 0 saturated carbocycles. The predicted molar refractivity (Wildman–Crippen MR) is 60.2 cm³/mol. The molecule has 1 rings (SSSR count). The lowest BCUT2D eigenvalue weighted by Gasteiger charge is -2.08. The Kier molecular flexibility index (Phi) is 3.82. The van der Waals surface area contributed by atoms with Crippen LogP contribution in [0.5, 0.6) is 0 Å². The maximum atomic E-state index is 9.79. The van der Waals surface area contributed by atoms with Gasteiger partial charge >= 0.3 is 0 Å². The lowest BCUT2D eigenvalue weighted by Crippen LogP contribution is -2.11. The Morgan fingerprint density at radius 3 is 2.23 bits per heavy atom. The van der Waals surface area contributed by atoms with Crippen molar-refractivity contribution in [1.82, 2.24) is 0 Å². The third-order valence-corrected chi connectivity index (χ3v) is 2.94. The first-order valence-corrected chi connectivity index (χ1v) is 6.59. The summed E-state index contributed by atoms with van der Waals surface area (Å²) in [5.41, 5.74) is 2.27. The van der Waals surface area contributed by atoms with Gasteiger partial charge in [0, 0.05) is 0 Å². The predicted octanol–water partition coefficient (Wildman–Crippen LogP) is 1.91. The summed E-state index contributed by atoms with van der Waals surface area (Å²) in [6.07, 6.45) is 4.01. The van der Waals surface area contributed by atoms with Crippen molar-refractivity contribution in [1.29, 1.82) is 0 Å². The standard InChI is InChI=1S/C11H17OS/c1-9-4-6-10(7-5-9)11(12)8-13(2)3/h4-7,11-12H,8H2,1-3H3/q+1. The van der Waals surface area contributed by atoms with E-state index in [0.717, 1.165) is 11.3 Å². The van der Waals surface area contributed by atoms with Gasteiger partial charge in [-0.05, 0) is 23.4 Å². The monoisotopic (exact) mass is 197 g/mol. The molecule has 0 aliphatic rings. The molecule has 0 aliphatic carbocycles. The summed E-state index contributed by atoms with van der Waals surface area (Å²) >= 11 is 0. The first-order chi connectivity index (χ1) is 6.09. The third kappa shape index (κ3) is 3.41. The van der Waals surface area contributed by atoms with Crippen LogP contribution < -0.4 is 0 Å². The molecule has 1 unspecified atom stereocenters. The van der Waals surface area contributed by atoms with Crippen LogP contribution in [0.1, 0.15) is 17.2 Å². The number of benzene rings is 1. The molecule has 0 amide bonds. The lowest BCUT2D eigenvalue weighted by molar-refractivity contribution is 0.203. The second-order valence-corrected chi connectivity index (χ2v) is 5.88. The van der Waals surface area contributed by atoms with Gasteiger partial charge in [-0.3, -0.25) is 0 Å². The molecule has 2 heteroatoms. The van der Waals surface area contributed by atoms with Crippen molar-refractivity contribution in [2.24, 2.45) is 0 Å². The molecule has 0 spiro atoms. The van der Waals surface area contributed by atoms with Gasteiger partial charge in [0.1, 0.15) is 11.9 Å². The van der Waals surface area contributed by atoms with Crippen molar-refractivity contribution < 1.29 is 5.11 Å². The van der Waals surface area contributed by atoms with Gasteiger partial charge in [-0.2, -0.15) is 0 Å². The van der Waals surface area contributed by atoms with Crippen molar-refractivity contribution in [3.8, 4) is 0 Å².